The number of carbonyl (C=O) groups is 1. The Morgan fingerprint density at radius 2 is 1.73 bits per heavy atom. The van der Waals surface area contributed by atoms with Gasteiger partial charge in [-0.3, -0.25) is 9.52 Å². The number of anilines is 1. The number of benzene rings is 2. The Balaban J connectivity index is 2.21. The van der Waals surface area contributed by atoms with Gasteiger partial charge in [0.1, 0.15) is 5.75 Å². The molecular formula is C18H20N2O5S. The Morgan fingerprint density at radius 3 is 2.31 bits per heavy atom. The number of oxime groups is 1. The first-order chi connectivity index (χ1) is 12.1. The molecule has 2 N–H and O–H groups in total. The Kier molecular flexibility index (Phi) is 5.66. The molecule has 0 saturated heterocycles. The molecule has 0 bridgehead atoms. The van der Waals surface area contributed by atoms with Gasteiger partial charge in [0, 0.05) is 5.56 Å². The van der Waals surface area contributed by atoms with Gasteiger partial charge in [0.2, 0.25) is 0 Å². The zero-order valence-corrected chi connectivity index (χ0v) is 15.4. The van der Waals surface area contributed by atoms with Gasteiger partial charge in [0.25, 0.3) is 10.0 Å². The summed E-state index contributed by atoms with van der Waals surface area (Å²) < 4.78 is 32.7. The van der Waals surface area contributed by atoms with Crippen LogP contribution in [0.25, 0.3) is 0 Å². The number of rotatable bonds is 5. The van der Waals surface area contributed by atoms with Crippen molar-refractivity contribution in [2.45, 2.75) is 25.7 Å². The number of para-hydroxylation sites is 1. The molecule has 2 aromatic carbocycles. The number of hydrogen-bond donors (Lipinski definition) is 2. The van der Waals surface area contributed by atoms with Gasteiger partial charge < -0.3 is 9.94 Å². The van der Waals surface area contributed by atoms with Crippen LogP contribution in [-0.2, 0) is 14.8 Å². The van der Waals surface area contributed by atoms with Crippen LogP contribution in [0.4, 0.5) is 5.69 Å². The Morgan fingerprint density at radius 1 is 1.12 bits per heavy atom. The third-order valence-electron chi connectivity index (χ3n) is 3.36. The number of sulfonamides is 1. The van der Waals surface area contributed by atoms with E-state index >= 15 is 0 Å². The standard InChI is InChI=1S/C18H20N2O5S/c1-18(2,3)17(21)25-14-8-10-15(11-9-14)26(23,24)20-16-7-5-4-6-13(16)12-19-22/h4-12,20,22H,1-3H3. The minimum Gasteiger partial charge on any atom is -0.426 e. The molecule has 0 radical (unpaired) electrons. The fourth-order valence-corrected chi connectivity index (χ4v) is 3.00. The van der Waals surface area contributed by atoms with Crippen LogP contribution in [0.5, 0.6) is 5.75 Å². The number of nitrogens with one attached hydrogen (secondary N) is 1. The van der Waals surface area contributed by atoms with Crippen molar-refractivity contribution >= 4 is 27.9 Å². The van der Waals surface area contributed by atoms with Gasteiger partial charge in [-0.25, -0.2) is 8.42 Å². The van der Waals surface area contributed by atoms with Crippen LogP contribution in [0.1, 0.15) is 26.3 Å². The zero-order valence-electron chi connectivity index (χ0n) is 14.6. The maximum Gasteiger partial charge on any atom is 0.316 e. The highest BCUT2D eigenvalue weighted by Gasteiger charge is 2.24. The largest absolute Gasteiger partial charge is 0.426 e. The van der Waals surface area contributed by atoms with Crippen LogP contribution in [-0.4, -0.2) is 25.8 Å². The molecule has 0 aromatic heterocycles. The van der Waals surface area contributed by atoms with E-state index in [-0.39, 0.29) is 16.3 Å². The predicted octanol–water partition coefficient (Wildman–Crippen LogP) is 3.25. The monoisotopic (exact) mass is 376 g/mol. The maximum absolute atomic E-state index is 12.5. The van der Waals surface area contributed by atoms with E-state index in [1.807, 2.05) is 0 Å². The summed E-state index contributed by atoms with van der Waals surface area (Å²) in [5, 5.41) is 11.6. The van der Waals surface area contributed by atoms with Crippen molar-refractivity contribution < 1.29 is 23.2 Å². The molecule has 0 aliphatic rings. The molecular weight excluding hydrogens is 356 g/mol. The first-order valence-electron chi connectivity index (χ1n) is 7.75. The van der Waals surface area contributed by atoms with Gasteiger partial charge in [0.05, 0.1) is 22.2 Å². The first kappa shape index (κ1) is 19.5. The number of nitrogens with zero attached hydrogens (tertiary/aromatic N) is 1. The smallest absolute Gasteiger partial charge is 0.316 e. The SMILES string of the molecule is CC(C)(C)C(=O)Oc1ccc(S(=O)(=O)Nc2ccccc2C=NO)cc1. The molecule has 138 valence electrons. The number of carbonyl (C=O) groups excluding carboxylic acids is 1. The molecule has 0 aliphatic carbocycles. The van der Waals surface area contributed by atoms with Crippen LogP contribution in [0.15, 0.2) is 58.6 Å². The summed E-state index contributed by atoms with van der Waals surface area (Å²) in [4.78, 5) is 11.9. The van der Waals surface area contributed by atoms with Crippen molar-refractivity contribution in [1.82, 2.24) is 0 Å². The van der Waals surface area contributed by atoms with Gasteiger partial charge in [-0.1, -0.05) is 23.4 Å². The lowest BCUT2D eigenvalue weighted by atomic mass is 9.97. The quantitative estimate of drug-likeness (QED) is 0.274. The van der Waals surface area contributed by atoms with Crippen LogP contribution in [0, 0.1) is 5.41 Å². The van der Waals surface area contributed by atoms with Crippen molar-refractivity contribution in [3.8, 4) is 5.75 Å². The lowest BCUT2D eigenvalue weighted by Crippen LogP contribution is -2.25. The van der Waals surface area contributed by atoms with Crippen molar-refractivity contribution in [1.29, 1.82) is 0 Å². The summed E-state index contributed by atoms with van der Waals surface area (Å²) >= 11 is 0. The van der Waals surface area contributed by atoms with E-state index in [1.165, 1.54) is 24.3 Å². The number of hydrogen-bond acceptors (Lipinski definition) is 6. The minimum absolute atomic E-state index is 0.00352. The summed E-state index contributed by atoms with van der Waals surface area (Å²) in [7, 11) is -3.86. The Hall–Kier alpha value is -2.87. The van der Waals surface area contributed by atoms with Gasteiger partial charge in [-0.15, -0.1) is 0 Å². The Labute approximate surface area is 152 Å². The van der Waals surface area contributed by atoms with Gasteiger partial charge in [-0.05, 0) is 51.1 Å². The lowest BCUT2D eigenvalue weighted by Gasteiger charge is -2.16. The number of ether oxygens (including phenoxy) is 1. The Bertz CT molecular complexity index is 913. The van der Waals surface area contributed by atoms with Crippen molar-refractivity contribution in [3.63, 3.8) is 0 Å². The number of esters is 1. The second-order valence-electron chi connectivity index (χ2n) is 6.55. The van der Waals surface area contributed by atoms with Gasteiger partial charge in [0.15, 0.2) is 0 Å². The maximum atomic E-state index is 12.5. The molecule has 0 saturated carbocycles. The van der Waals surface area contributed by atoms with Crippen LogP contribution in [0.2, 0.25) is 0 Å². The molecule has 8 heteroatoms. The summed E-state index contributed by atoms with van der Waals surface area (Å²) in [6, 6.07) is 12.0. The fourth-order valence-electron chi connectivity index (χ4n) is 1.92. The average molecular weight is 376 g/mol. The van der Waals surface area contributed by atoms with E-state index in [4.69, 9.17) is 9.94 Å². The molecule has 0 unspecified atom stereocenters. The summed E-state index contributed by atoms with van der Waals surface area (Å²) in [6.45, 7) is 5.18. The second-order valence-corrected chi connectivity index (χ2v) is 8.23. The third-order valence-corrected chi connectivity index (χ3v) is 4.74. The minimum atomic E-state index is -3.86. The molecule has 0 spiro atoms. The van der Waals surface area contributed by atoms with Crippen LogP contribution >= 0.6 is 0 Å². The van der Waals surface area contributed by atoms with Crippen LogP contribution in [0.3, 0.4) is 0 Å². The zero-order chi connectivity index (χ0) is 19.4. The molecule has 26 heavy (non-hydrogen) atoms. The summed E-state index contributed by atoms with van der Waals surface area (Å²) in [6.07, 6.45) is 1.13. The molecule has 0 fully saturated rings. The van der Waals surface area contributed by atoms with E-state index in [9.17, 15) is 13.2 Å². The lowest BCUT2D eigenvalue weighted by molar-refractivity contribution is -0.143. The highest BCUT2D eigenvalue weighted by molar-refractivity contribution is 7.92. The normalized spacial score (nSPS) is 12.1. The summed E-state index contributed by atoms with van der Waals surface area (Å²) in [5.41, 5.74) is 0.0208. The predicted molar refractivity (Wildman–Crippen MR) is 98.2 cm³/mol. The van der Waals surface area contributed by atoms with E-state index in [1.54, 1.807) is 45.0 Å². The molecule has 0 amide bonds. The van der Waals surface area contributed by atoms with E-state index in [0.29, 0.717) is 5.56 Å². The van der Waals surface area contributed by atoms with Crippen LogP contribution < -0.4 is 9.46 Å². The average Bonchev–Trinajstić information content (AvgIpc) is 2.56. The van der Waals surface area contributed by atoms with Gasteiger partial charge >= 0.3 is 5.97 Å². The highest BCUT2D eigenvalue weighted by atomic mass is 32.2. The topological polar surface area (TPSA) is 105 Å². The third kappa shape index (κ3) is 4.82. The van der Waals surface area contributed by atoms with Crippen molar-refractivity contribution in [2.24, 2.45) is 10.6 Å². The molecule has 0 heterocycles. The van der Waals surface area contributed by atoms with Crippen molar-refractivity contribution in [3.05, 3.63) is 54.1 Å². The molecule has 0 atom stereocenters. The van der Waals surface area contributed by atoms with E-state index in [2.05, 4.69) is 9.88 Å². The van der Waals surface area contributed by atoms with Gasteiger partial charge in [-0.2, -0.15) is 0 Å². The summed E-state index contributed by atoms with van der Waals surface area (Å²) in [5.74, 6) is -0.153. The molecule has 2 rings (SSSR count). The highest BCUT2D eigenvalue weighted by Crippen LogP contribution is 2.23. The fraction of sp³-hybridized carbons (Fsp3) is 0.222. The van der Waals surface area contributed by atoms with E-state index in [0.717, 1.165) is 6.21 Å². The van der Waals surface area contributed by atoms with Crippen molar-refractivity contribution in [2.75, 3.05) is 4.72 Å². The molecule has 7 nitrogen and oxygen atoms in total. The van der Waals surface area contributed by atoms with E-state index < -0.39 is 21.4 Å². The molecule has 2 aromatic rings. The molecule has 0 aliphatic heterocycles. The first-order valence-corrected chi connectivity index (χ1v) is 9.23. The second kappa shape index (κ2) is 7.57.